The van der Waals surface area contributed by atoms with Gasteiger partial charge in [0.1, 0.15) is 0 Å². The van der Waals surface area contributed by atoms with Crippen LogP contribution in [0.15, 0.2) is 60.7 Å². The van der Waals surface area contributed by atoms with Gasteiger partial charge in [-0.15, -0.1) is 0 Å². The minimum Gasteiger partial charge on any atom is -0.382 e. The molecule has 0 spiro atoms. The molecular weight excluding hydrogens is 322 g/mol. The molecule has 3 N–H and O–H groups in total. The van der Waals surface area contributed by atoms with Crippen LogP contribution < -0.4 is 6.15 Å². The van der Waals surface area contributed by atoms with Crippen LogP contribution in [-0.4, -0.2) is 26.4 Å². The van der Waals surface area contributed by atoms with E-state index in [9.17, 15) is 0 Å². The summed E-state index contributed by atoms with van der Waals surface area (Å²) in [5, 5.41) is 0. The second kappa shape index (κ2) is 10.5. The first-order chi connectivity index (χ1) is 12.3. The van der Waals surface area contributed by atoms with Crippen molar-refractivity contribution in [2.45, 2.75) is 44.6 Å². The van der Waals surface area contributed by atoms with Gasteiger partial charge in [-0.05, 0) is 55.1 Å². The van der Waals surface area contributed by atoms with Gasteiger partial charge < -0.3 is 15.6 Å². The van der Waals surface area contributed by atoms with Crippen molar-refractivity contribution in [1.82, 2.24) is 6.15 Å². The maximum atomic E-state index is 5.99. The molecule has 1 aliphatic rings. The van der Waals surface area contributed by atoms with Gasteiger partial charge >= 0.3 is 0 Å². The summed E-state index contributed by atoms with van der Waals surface area (Å²) in [5.41, 5.74) is 3.26. The molecule has 1 saturated carbocycles. The Balaban J connectivity index is 0.00000243. The number of benzene rings is 2. The zero-order valence-corrected chi connectivity index (χ0v) is 16.0. The SMILES string of the molecule is COCCOC1CCC(Cc2ccccc2)(Cc2ccccc2)CC1.N. The van der Waals surface area contributed by atoms with Crippen molar-refractivity contribution in [2.75, 3.05) is 20.3 Å². The fourth-order valence-electron chi connectivity index (χ4n) is 4.14. The van der Waals surface area contributed by atoms with Crippen LogP contribution in [-0.2, 0) is 22.3 Å². The van der Waals surface area contributed by atoms with Crippen molar-refractivity contribution >= 4 is 0 Å². The Morgan fingerprint density at radius 1 is 0.808 bits per heavy atom. The molecule has 0 atom stereocenters. The van der Waals surface area contributed by atoms with Crippen LogP contribution in [0, 0.1) is 5.41 Å². The molecule has 0 saturated heterocycles. The predicted molar refractivity (Wildman–Crippen MR) is 108 cm³/mol. The molecule has 2 aromatic rings. The smallest absolute Gasteiger partial charge is 0.0704 e. The lowest BCUT2D eigenvalue weighted by atomic mass is 9.66. The Kier molecular flexibility index (Phi) is 8.30. The normalized spacial score (nSPS) is 16.8. The lowest BCUT2D eigenvalue weighted by Crippen LogP contribution is -2.35. The molecule has 0 radical (unpaired) electrons. The average molecular weight is 356 g/mol. The third-order valence-electron chi connectivity index (χ3n) is 5.48. The monoisotopic (exact) mass is 355 g/mol. The van der Waals surface area contributed by atoms with Crippen molar-refractivity contribution in [3.05, 3.63) is 71.8 Å². The number of methoxy groups -OCH3 is 1. The summed E-state index contributed by atoms with van der Waals surface area (Å²) < 4.78 is 11.1. The fourth-order valence-corrected chi connectivity index (χ4v) is 4.14. The molecule has 0 bridgehead atoms. The fraction of sp³-hybridized carbons (Fsp3) is 0.478. The predicted octanol–water partition coefficient (Wildman–Crippen LogP) is 5.23. The van der Waals surface area contributed by atoms with Crippen molar-refractivity contribution < 1.29 is 9.47 Å². The summed E-state index contributed by atoms with van der Waals surface area (Å²) in [6.07, 6.45) is 7.49. The highest BCUT2D eigenvalue weighted by Gasteiger charge is 2.35. The van der Waals surface area contributed by atoms with Crippen molar-refractivity contribution in [3.8, 4) is 0 Å². The van der Waals surface area contributed by atoms with Gasteiger partial charge in [0.2, 0.25) is 0 Å². The highest BCUT2D eigenvalue weighted by molar-refractivity contribution is 5.21. The van der Waals surface area contributed by atoms with E-state index in [1.165, 1.54) is 24.0 Å². The molecule has 142 valence electrons. The Morgan fingerprint density at radius 2 is 1.31 bits per heavy atom. The summed E-state index contributed by atoms with van der Waals surface area (Å²) in [7, 11) is 1.73. The molecule has 0 amide bonds. The summed E-state index contributed by atoms with van der Waals surface area (Å²) in [6.45, 7) is 1.40. The Morgan fingerprint density at radius 3 is 1.77 bits per heavy atom. The van der Waals surface area contributed by atoms with Crippen LogP contribution in [0.3, 0.4) is 0 Å². The largest absolute Gasteiger partial charge is 0.382 e. The molecule has 26 heavy (non-hydrogen) atoms. The van der Waals surface area contributed by atoms with Gasteiger partial charge in [0.05, 0.1) is 19.3 Å². The van der Waals surface area contributed by atoms with E-state index in [1.54, 1.807) is 7.11 Å². The van der Waals surface area contributed by atoms with Crippen molar-refractivity contribution in [2.24, 2.45) is 5.41 Å². The van der Waals surface area contributed by atoms with E-state index >= 15 is 0 Å². The summed E-state index contributed by atoms with van der Waals surface area (Å²) in [4.78, 5) is 0. The number of ether oxygens (including phenoxy) is 2. The molecular formula is C23H33NO2. The molecule has 2 aromatic carbocycles. The van der Waals surface area contributed by atoms with E-state index in [0.717, 1.165) is 25.7 Å². The average Bonchev–Trinajstić information content (AvgIpc) is 2.65. The first-order valence-electron chi connectivity index (χ1n) is 9.48. The minimum absolute atomic E-state index is 0. The van der Waals surface area contributed by atoms with Gasteiger partial charge in [-0.25, -0.2) is 0 Å². The van der Waals surface area contributed by atoms with Gasteiger partial charge in [0, 0.05) is 7.11 Å². The zero-order valence-electron chi connectivity index (χ0n) is 16.0. The Labute approximate surface area is 158 Å². The van der Waals surface area contributed by atoms with E-state index in [0.29, 0.717) is 24.7 Å². The van der Waals surface area contributed by atoms with Crippen LogP contribution in [0.5, 0.6) is 0 Å². The van der Waals surface area contributed by atoms with Crippen LogP contribution in [0.25, 0.3) is 0 Å². The molecule has 1 fully saturated rings. The van der Waals surface area contributed by atoms with Crippen molar-refractivity contribution in [3.63, 3.8) is 0 Å². The third kappa shape index (κ3) is 5.94. The summed E-state index contributed by atoms with van der Waals surface area (Å²) >= 11 is 0. The lowest BCUT2D eigenvalue weighted by molar-refractivity contribution is -0.0232. The second-order valence-corrected chi connectivity index (χ2v) is 7.39. The summed E-state index contributed by atoms with van der Waals surface area (Å²) in [5.74, 6) is 0. The molecule has 0 aromatic heterocycles. The topological polar surface area (TPSA) is 53.5 Å². The van der Waals surface area contributed by atoms with Crippen LogP contribution in [0.2, 0.25) is 0 Å². The van der Waals surface area contributed by atoms with E-state index in [4.69, 9.17) is 9.47 Å². The maximum Gasteiger partial charge on any atom is 0.0704 e. The molecule has 0 unspecified atom stereocenters. The van der Waals surface area contributed by atoms with Gasteiger partial charge in [-0.1, -0.05) is 60.7 Å². The number of hydrogen-bond donors (Lipinski definition) is 1. The third-order valence-corrected chi connectivity index (χ3v) is 5.48. The number of hydrogen-bond acceptors (Lipinski definition) is 3. The first kappa shape index (κ1) is 20.6. The molecule has 0 heterocycles. The summed E-state index contributed by atoms with van der Waals surface area (Å²) in [6, 6.07) is 21.9. The minimum atomic E-state index is 0. The van der Waals surface area contributed by atoms with E-state index in [-0.39, 0.29) is 6.15 Å². The van der Waals surface area contributed by atoms with E-state index < -0.39 is 0 Å². The zero-order chi connectivity index (χ0) is 17.4. The Bertz CT molecular complexity index is 563. The van der Waals surface area contributed by atoms with Gasteiger partial charge in [-0.3, -0.25) is 0 Å². The van der Waals surface area contributed by atoms with Crippen LogP contribution in [0.1, 0.15) is 36.8 Å². The number of rotatable bonds is 8. The van der Waals surface area contributed by atoms with Gasteiger partial charge in [0.15, 0.2) is 0 Å². The molecule has 3 heteroatoms. The highest BCUT2D eigenvalue weighted by Crippen LogP contribution is 2.42. The van der Waals surface area contributed by atoms with Crippen molar-refractivity contribution in [1.29, 1.82) is 0 Å². The molecule has 0 aliphatic heterocycles. The second-order valence-electron chi connectivity index (χ2n) is 7.39. The lowest BCUT2D eigenvalue weighted by Gasteiger charge is -2.41. The van der Waals surface area contributed by atoms with E-state index in [2.05, 4.69) is 60.7 Å². The first-order valence-corrected chi connectivity index (χ1v) is 9.48. The molecule has 1 aliphatic carbocycles. The van der Waals surface area contributed by atoms with E-state index in [1.807, 2.05) is 0 Å². The Hall–Kier alpha value is -1.68. The van der Waals surface area contributed by atoms with Crippen LogP contribution >= 0.6 is 0 Å². The van der Waals surface area contributed by atoms with Gasteiger partial charge in [-0.2, -0.15) is 0 Å². The maximum absolute atomic E-state index is 5.99. The standard InChI is InChI=1S/C23H30O2.H3N/c1-24-16-17-25-22-12-14-23(15-13-22,18-20-8-4-2-5-9-20)19-21-10-6-3-7-11-21;/h2-11,22H,12-19H2,1H3;1H3. The quantitative estimate of drug-likeness (QED) is 0.660. The van der Waals surface area contributed by atoms with Crippen LogP contribution in [0.4, 0.5) is 0 Å². The highest BCUT2D eigenvalue weighted by atomic mass is 16.5. The molecule has 3 nitrogen and oxygen atoms in total. The van der Waals surface area contributed by atoms with Gasteiger partial charge in [0.25, 0.3) is 0 Å². The molecule has 3 rings (SSSR count).